The smallest absolute Gasteiger partial charge is 0.477 e. The fraction of sp³-hybridized carbons (Fsp3) is 0.250. The molecule has 0 amide bonds. The molecule has 0 saturated carbocycles. The van der Waals surface area contributed by atoms with Crippen molar-refractivity contribution in [1.82, 2.24) is 4.98 Å². The number of pyridine rings is 1. The third-order valence-corrected chi connectivity index (χ3v) is 1.73. The molecule has 0 saturated heterocycles. The number of aromatic carboxylic acids is 1. The van der Waals surface area contributed by atoms with Crippen molar-refractivity contribution in [3.05, 3.63) is 27.5 Å². The van der Waals surface area contributed by atoms with Crippen LogP contribution in [0.25, 0.3) is 0 Å². The third-order valence-electron chi connectivity index (χ3n) is 1.73. The molecule has 1 heterocycles. The van der Waals surface area contributed by atoms with Gasteiger partial charge in [-0.2, -0.15) is 13.2 Å². The molecule has 1 aromatic heterocycles. The first-order chi connectivity index (χ1) is 8.42. The Kier molecular flexibility index (Phi) is 3.50. The zero-order valence-electron chi connectivity index (χ0n) is 8.52. The molecule has 0 atom stereocenters. The van der Waals surface area contributed by atoms with Crippen LogP contribution in [0.4, 0.5) is 26.3 Å². The van der Waals surface area contributed by atoms with Crippen molar-refractivity contribution in [2.75, 3.05) is 0 Å². The van der Waals surface area contributed by atoms with E-state index in [4.69, 9.17) is 5.11 Å². The largest absolute Gasteiger partial charge is 0.574 e. The average Bonchev–Trinajstić information content (AvgIpc) is 2.11. The summed E-state index contributed by atoms with van der Waals surface area (Å²) in [6, 6.07) is -0.0355. The van der Waals surface area contributed by atoms with E-state index in [2.05, 4.69) is 4.74 Å². The lowest BCUT2D eigenvalue weighted by Gasteiger charge is -2.13. The number of carboxylic acids is 1. The maximum atomic E-state index is 12.4. The molecule has 0 unspecified atom stereocenters. The maximum Gasteiger partial charge on any atom is 0.574 e. The average molecular weight is 291 g/mol. The number of rotatable bonds is 2. The van der Waals surface area contributed by atoms with Crippen LogP contribution in [0, 0.1) is 0 Å². The van der Waals surface area contributed by atoms with Crippen molar-refractivity contribution < 1.29 is 41.0 Å². The summed E-state index contributed by atoms with van der Waals surface area (Å²) < 4.78 is 75.9. The number of hydrogen-bond acceptors (Lipinski definition) is 3. The van der Waals surface area contributed by atoms with Crippen LogP contribution in [-0.4, -0.2) is 22.4 Å². The predicted octanol–water partition coefficient (Wildman–Crippen LogP) is 1.99. The van der Waals surface area contributed by atoms with Crippen molar-refractivity contribution in [2.45, 2.75) is 12.5 Å². The molecule has 0 fully saturated rings. The van der Waals surface area contributed by atoms with E-state index in [0.717, 1.165) is 4.98 Å². The molecule has 0 bridgehead atoms. The van der Waals surface area contributed by atoms with Gasteiger partial charge in [0.2, 0.25) is 11.3 Å². The summed E-state index contributed by atoms with van der Waals surface area (Å²) in [4.78, 5) is 22.7. The van der Waals surface area contributed by atoms with Crippen LogP contribution in [0.15, 0.2) is 10.9 Å². The Hall–Kier alpha value is -2.20. The van der Waals surface area contributed by atoms with Gasteiger partial charge in [-0.3, -0.25) is 4.79 Å². The summed E-state index contributed by atoms with van der Waals surface area (Å²) in [7, 11) is 0. The number of H-pyrrole nitrogens is 1. The lowest BCUT2D eigenvalue weighted by Crippen LogP contribution is -2.26. The van der Waals surface area contributed by atoms with E-state index in [9.17, 15) is 35.9 Å². The molecule has 11 heteroatoms. The summed E-state index contributed by atoms with van der Waals surface area (Å²) in [5.74, 6) is -3.79. The fourth-order valence-corrected chi connectivity index (χ4v) is 1.14. The normalized spacial score (nSPS) is 12.3. The van der Waals surface area contributed by atoms with Crippen molar-refractivity contribution in [3.8, 4) is 5.88 Å². The molecule has 0 aliphatic heterocycles. The standard InChI is InChI=1S/C8H3F6NO4/c9-7(10,11)5-4(6(17)18)2(16)1-3(15-5)19-8(12,13)14/h1H,(H,15,16)(H,17,18). The number of halogens is 6. The minimum Gasteiger partial charge on any atom is -0.477 e. The molecule has 106 valence electrons. The molecule has 0 aromatic carbocycles. The van der Waals surface area contributed by atoms with Gasteiger partial charge in [-0.05, 0) is 0 Å². The topological polar surface area (TPSA) is 79.4 Å². The van der Waals surface area contributed by atoms with Gasteiger partial charge in [0.1, 0.15) is 11.3 Å². The Labute approximate surface area is 99.0 Å². The zero-order chi connectivity index (χ0) is 15.0. The second-order valence-corrected chi connectivity index (χ2v) is 3.10. The lowest BCUT2D eigenvalue weighted by molar-refractivity contribution is -0.276. The highest BCUT2D eigenvalue weighted by Gasteiger charge is 2.40. The first-order valence-corrected chi connectivity index (χ1v) is 4.25. The number of aromatic amines is 1. The van der Waals surface area contributed by atoms with Crippen molar-refractivity contribution >= 4 is 5.97 Å². The van der Waals surface area contributed by atoms with Gasteiger partial charge in [-0.25, -0.2) is 4.79 Å². The van der Waals surface area contributed by atoms with Gasteiger partial charge in [0.05, 0.1) is 0 Å². The van der Waals surface area contributed by atoms with E-state index >= 15 is 0 Å². The molecule has 2 N–H and O–H groups in total. The SMILES string of the molecule is O=C(O)c1c(C(F)(F)F)[nH]c(OC(F)(F)F)cc1=O. The Morgan fingerprint density at radius 3 is 2.11 bits per heavy atom. The molecule has 1 aromatic rings. The maximum absolute atomic E-state index is 12.4. The van der Waals surface area contributed by atoms with Crippen LogP contribution in [-0.2, 0) is 6.18 Å². The van der Waals surface area contributed by atoms with Crippen LogP contribution in [0.5, 0.6) is 5.88 Å². The third kappa shape index (κ3) is 3.63. The number of carbonyl (C=O) groups is 1. The van der Waals surface area contributed by atoms with Gasteiger partial charge in [-0.1, -0.05) is 0 Å². The number of ether oxygens (including phenoxy) is 1. The summed E-state index contributed by atoms with van der Waals surface area (Å²) in [5, 5.41) is 8.45. The van der Waals surface area contributed by atoms with Crippen LogP contribution in [0.1, 0.15) is 16.1 Å². The monoisotopic (exact) mass is 291 g/mol. The molecule has 1 rings (SSSR count). The molecular formula is C8H3F6NO4. The minimum absolute atomic E-state index is 0.0355. The highest BCUT2D eigenvalue weighted by Crippen LogP contribution is 2.31. The first-order valence-electron chi connectivity index (χ1n) is 4.25. The summed E-state index contributed by atoms with van der Waals surface area (Å²) >= 11 is 0. The molecule has 0 spiro atoms. The Bertz CT molecular complexity index is 558. The van der Waals surface area contributed by atoms with Gasteiger partial charge in [0, 0.05) is 6.07 Å². The minimum atomic E-state index is -5.36. The van der Waals surface area contributed by atoms with Crippen LogP contribution < -0.4 is 10.2 Å². The summed E-state index contributed by atoms with van der Waals surface area (Å²) in [6.45, 7) is 0. The van der Waals surface area contributed by atoms with E-state index in [1.165, 1.54) is 0 Å². The Morgan fingerprint density at radius 1 is 1.21 bits per heavy atom. The molecular weight excluding hydrogens is 288 g/mol. The van der Waals surface area contributed by atoms with Crippen LogP contribution in [0.3, 0.4) is 0 Å². The van der Waals surface area contributed by atoms with Crippen molar-refractivity contribution in [2.24, 2.45) is 0 Å². The Morgan fingerprint density at radius 2 is 1.74 bits per heavy atom. The van der Waals surface area contributed by atoms with Crippen molar-refractivity contribution in [1.29, 1.82) is 0 Å². The van der Waals surface area contributed by atoms with E-state index < -0.39 is 41.1 Å². The van der Waals surface area contributed by atoms with Crippen LogP contribution >= 0.6 is 0 Å². The highest BCUT2D eigenvalue weighted by atomic mass is 19.4. The zero-order valence-corrected chi connectivity index (χ0v) is 8.52. The molecule has 0 radical (unpaired) electrons. The molecule has 0 aliphatic rings. The summed E-state index contributed by atoms with van der Waals surface area (Å²) in [5.41, 5.74) is -5.62. The quantitative estimate of drug-likeness (QED) is 0.817. The Balaban J connectivity index is 3.49. The van der Waals surface area contributed by atoms with Gasteiger partial charge < -0.3 is 14.8 Å². The molecule has 19 heavy (non-hydrogen) atoms. The predicted molar refractivity (Wildman–Crippen MR) is 45.7 cm³/mol. The number of nitrogens with one attached hydrogen (secondary N) is 1. The number of alkyl halides is 6. The summed E-state index contributed by atoms with van der Waals surface area (Å²) in [6.07, 6.45) is -10.7. The van der Waals surface area contributed by atoms with Gasteiger partial charge in [0.25, 0.3) is 0 Å². The highest BCUT2D eigenvalue weighted by molar-refractivity contribution is 5.89. The fourth-order valence-electron chi connectivity index (χ4n) is 1.14. The van der Waals surface area contributed by atoms with Gasteiger partial charge in [-0.15, -0.1) is 13.2 Å². The van der Waals surface area contributed by atoms with E-state index in [-0.39, 0.29) is 6.07 Å². The molecule has 0 aliphatic carbocycles. The van der Waals surface area contributed by atoms with Crippen LogP contribution in [0.2, 0.25) is 0 Å². The van der Waals surface area contributed by atoms with E-state index in [1.807, 2.05) is 0 Å². The van der Waals surface area contributed by atoms with Crippen molar-refractivity contribution in [3.63, 3.8) is 0 Å². The first kappa shape index (κ1) is 14.9. The van der Waals surface area contributed by atoms with E-state index in [0.29, 0.717) is 0 Å². The van der Waals surface area contributed by atoms with Gasteiger partial charge in [0.15, 0.2) is 0 Å². The lowest BCUT2D eigenvalue weighted by atomic mass is 10.2. The number of aromatic nitrogens is 1. The van der Waals surface area contributed by atoms with Gasteiger partial charge >= 0.3 is 18.5 Å². The second kappa shape index (κ2) is 4.48. The number of carboxylic acid groups (broad SMARTS) is 1. The second-order valence-electron chi connectivity index (χ2n) is 3.10. The number of hydrogen-bond donors (Lipinski definition) is 2. The van der Waals surface area contributed by atoms with E-state index in [1.54, 1.807) is 0 Å². The molecule has 5 nitrogen and oxygen atoms in total.